The number of carbonyl (C=O) groups is 1. The first-order chi connectivity index (χ1) is 8.11. The van der Waals surface area contributed by atoms with Crippen LogP contribution in [-0.4, -0.2) is 26.6 Å². The largest absolute Gasteiger partial charge is 0.321 e. The highest BCUT2D eigenvalue weighted by molar-refractivity contribution is 6.48. The lowest BCUT2D eigenvalue weighted by atomic mass is 9.74. The van der Waals surface area contributed by atoms with Crippen molar-refractivity contribution in [2.24, 2.45) is 17.3 Å². The summed E-state index contributed by atoms with van der Waals surface area (Å²) in [5, 5.41) is 1.58. The van der Waals surface area contributed by atoms with Gasteiger partial charge in [-0.05, 0) is 36.8 Å². The second-order valence-corrected chi connectivity index (χ2v) is 9.09. The van der Waals surface area contributed by atoms with Crippen LogP contribution in [0.5, 0.6) is 0 Å². The molecule has 0 aromatic rings. The average Bonchev–Trinajstić information content (AvgIpc) is 2.22. The highest BCUT2D eigenvalue weighted by Crippen LogP contribution is 2.34. The molecule has 0 aliphatic heterocycles. The summed E-state index contributed by atoms with van der Waals surface area (Å²) in [5.41, 5.74) is 0.206. The zero-order chi connectivity index (χ0) is 14.5. The third-order valence-electron chi connectivity index (χ3n) is 3.83. The Kier molecular flexibility index (Phi) is 7.15. The molecular formula is C14H31NO2Si. The van der Waals surface area contributed by atoms with E-state index in [-0.39, 0.29) is 11.5 Å². The lowest BCUT2D eigenvalue weighted by Crippen LogP contribution is -2.44. The Morgan fingerprint density at radius 1 is 1.22 bits per heavy atom. The molecular weight excluding hydrogens is 242 g/mol. The molecule has 0 unspecified atom stereocenters. The van der Waals surface area contributed by atoms with Crippen LogP contribution in [0.3, 0.4) is 0 Å². The van der Waals surface area contributed by atoms with Crippen molar-refractivity contribution in [3.8, 4) is 0 Å². The summed E-state index contributed by atoms with van der Waals surface area (Å²) < 4.78 is 5.75. The summed E-state index contributed by atoms with van der Waals surface area (Å²) in [6, 6.07) is 0.162. The minimum Gasteiger partial charge on any atom is -0.321 e. The number of carbonyl (C=O) groups excluding carboxylic acids is 1. The maximum atomic E-state index is 11.3. The van der Waals surface area contributed by atoms with Crippen LogP contribution < -0.4 is 0 Å². The summed E-state index contributed by atoms with van der Waals surface area (Å²) in [5.74, 6) is 0.990. The normalized spacial score (nSPS) is 14.4. The molecule has 0 saturated heterocycles. The quantitative estimate of drug-likeness (QED) is 0.385. The molecule has 18 heavy (non-hydrogen) atoms. The maximum Gasteiger partial charge on any atom is 0.232 e. The number of hydroxylamine groups is 2. The van der Waals surface area contributed by atoms with Crippen molar-refractivity contribution in [2.75, 3.05) is 0 Å². The molecule has 108 valence electrons. The number of amides is 1. The molecule has 0 aromatic carbocycles. The van der Waals surface area contributed by atoms with Gasteiger partial charge in [0, 0.05) is 0 Å². The Labute approximate surface area is 115 Å². The van der Waals surface area contributed by atoms with Gasteiger partial charge in [0.2, 0.25) is 15.5 Å². The third-order valence-corrected chi connectivity index (χ3v) is 4.50. The Morgan fingerprint density at radius 3 is 2.00 bits per heavy atom. The second kappa shape index (κ2) is 7.29. The maximum absolute atomic E-state index is 11.3. The molecule has 1 amide bonds. The van der Waals surface area contributed by atoms with Crippen LogP contribution in [-0.2, 0) is 9.32 Å². The Balaban J connectivity index is 4.89. The van der Waals surface area contributed by atoms with Gasteiger partial charge in [-0.25, -0.2) is 5.06 Å². The van der Waals surface area contributed by atoms with Crippen molar-refractivity contribution in [1.29, 1.82) is 0 Å². The molecule has 3 nitrogen and oxygen atoms in total. The van der Waals surface area contributed by atoms with Gasteiger partial charge in [0.15, 0.2) is 0 Å². The molecule has 0 fully saturated rings. The summed E-state index contributed by atoms with van der Waals surface area (Å²) in [6.07, 6.45) is 1.83. The first-order valence-electron chi connectivity index (χ1n) is 7.02. The summed E-state index contributed by atoms with van der Waals surface area (Å²) in [6.45, 7) is 17.5. The first kappa shape index (κ1) is 17.6. The highest BCUT2D eigenvalue weighted by atomic mass is 28.3. The van der Waals surface area contributed by atoms with E-state index < -0.39 is 9.04 Å². The van der Waals surface area contributed by atoms with E-state index in [9.17, 15) is 4.79 Å². The van der Waals surface area contributed by atoms with Crippen molar-refractivity contribution in [3.63, 3.8) is 0 Å². The summed E-state index contributed by atoms with van der Waals surface area (Å²) in [7, 11) is -1.24. The molecule has 0 saturated carbocycles. The van der Waals surface area contributed by atoms with E-state index >= 15 is 0 Å². The zero-order valence-corrected chi connectivity index (χ0v) is 14.5. The Hall–Kier alpha value is -0.353. The monoisotopic (exact) mass is 273 g/mol. The molecule has 1 atom stereocenters. The summed E-state index contributed by atoms with van der Waals surface area (Å²) >= 11 is 0. The Morgan fingerprint density at radius 2 is 1.72 bits per heavy atom. The van der Waals surface area contributed by atoms with E-state index in [4.69, 9.17) is 4.53 Å². The fourth-order valence-corrected chi connectivity index (χ4v) is 2.51. The molecule has 0 radical (unpaired) electrons. The molecule has 0 N–H and O–H groups in total. The van der Waals surface area contributed by atoms with Crippen LogP contribution in [0.4, 0.5) is 0 Å². The van der Waals surface area contributed by atoms with Crippen LogP contribution in [0.2, 0.25) is 13.1 Å². The van der Waals surface area contributed by atoms with Crippen LogP contribution in [0.25, 0.3) is 0 Å². The number of nitrogens with zero attached hydrogens (tertiary/aromatic N) is 1. The van der Waals surface area contributed by atoms with Crippen molar-refractivity contribution >= 4 is 15.5 Å². The van der Waals surface area contributed by atoms with Crippen molar-refractivity contribution < 1.29 is 9.32 Å². The minimum atomic E-state index is -1.24. The summed E-state index contributed by atoms with van der Waals surface area (Å²) in [4.78, 5) is 11.3. The molecule has 0 aromatic heterocycles. The van der Waals surface area contributed by atoms with Crippen molar-refractivity contribution in [2.45, 2.75) is 67.1 Å². The number of hydrogen-bond acceptors (Lipinski definition) is 2. The average molecular weight is 273 g/mol. The second-order valence-electron chi connectivity index (χ2n) is 6.78. The van der Waals surface area contributed by atoms with Gasteiger partial charge in [-0.15, -0.1) is 0 Å². The van der Waals surface area contributed by atoms with Gasteiger partial charge in [-0.3, -0.25) is 4.79 Å². The SMILES string of the molecule is CC(C)[C@H](CC(C)(C)C(C)C)N(C=O)O[SiH](C)C. The van der Waals surface area contributed by atoms with Gasteiger partial charge >= 0.3 is 0 Å². The van der Waals surface area contributed by atoms with Crippen molar-refractivity contribution in [3.05, 3.63) is 0 Å². The van der Waals surface area contributed by atoms with Gasteiger partial charge in [-0.2, -0.15) is 0 Å². The van der Waals surface area contributed by atoms with Gasteiger partial charge in [0.05, 0.1) is 6.04 Å². The molecule has 0 bridgehead atoms. The lowest BCUT2D eigenvalue weighted by Gasteiger charge is -2.39. The van der Waals surface area contributed by atoms with Gasteiger partial charge in [0.1, 0.15) is 0 Å². The predicted molar refractivity (Wildman–Crippen MR) is 79.7 cm³/mol. The van der Waals surface area contributed by atoms with Crippen LogP contribution in [0, 0.1) is 17.3 Å². The molecule has 0 heterocycles. The predicted octanol–water partition coefficient (Wildman–Crippen LogP) is 3.46. The zero-order valence-electron chi connectivity index (χ0n) is 13.4. The number of rotatable bonds is 8. The van der Waals surface area contributed by atoms with Gasteiger partial charge < -0.3 is 4.53 Å². The third kappa shape index (κ3) is 5.53. The number of hydrogen-bond donors (Lipinski definition) is 0. The first-order valence-corrected chi connectivity index (χ1v) is 9.80. The van der Waals surface area contributed by atoms with Crippen molar-refractivity contribution in [1.82, 2.24) is 5.06 Å². The van der Waals surface area contributed by atoms with E-state index in [0.717, 1.165) is 12.8 Å². The van der Waals surface area contributed by atoms with E-state index in [1.54, 1.807) is 5.06 Å². The standard InChI is InChI=1S/C14H31NO2Si/c1-11(2)13(9-14(5,6)12(3)4)15(10-16)17-18(7)8/h10-13,18H,9H2,1-8H3/t13-/m0/s1. The van der Waals surface area contributed by atoms with E-state index in [0.29, 0.717) is 11.8 Å². The molecule has 0 rings (SSSR count). The van der Waals surface area contributed by atoms with E-state index in [1.165, 1.54) is 0 Å². The van der Waals surface area contributed by atoms with E-state index in [1.807, 2.05) is 0 Å². The van der Waals surface area contributed by atoms with Gasteiger partial charge in [-0.1, -0.05) is 41.5 Å². The topological polar surface area (TPSA) is 29.5 Å². The minimum absolute atomic E-state index is 0.162. The molecule has 0 spiro atoms. The smallest absolute Gasteiger partial charge is 0.232 e. The van der Waals surface area contributed by atoms with Crippen LogP contribution in [0.1, 0.15) is 48.0 Å². The fourth-order valence-electron chi connectivity index (χ4n) is 1.82. The molecule has 0 aliphatic rings. The Bertz CT molecular complexity index is 252. The molecule has 4 heteroatoms. The highest BCUT2D eigenvalue weighted by Gasteiger charge is 2.32. The van der Waals surface area contributed by atoms with Crippen LogP contribution in [0.15, 0.2) is 0 Å². The van der Waals surface area contributed by atoms with Gasteiger partial charge in [0.25, 0.3) is 0 Å². The van der Waals surface area contributed by atoms with E-state index in [2.05, 4.69) is 54.6 Å². The van der Waals surface area contributed by atoms with Crippen LogP contribution >= 0.6 is 0 Å². The fraction of sp³-hybridized carbons (Fsp3) is 0.929. The lowest BCUT2D eigenvalue weighted by molar-refractivity contribution is -0.158. The molecule has 0 aliphatic carbocycles.